The van der Waals surface area contributed by atoms with Crippen molar-refractivity contribution in [2.75, 3.05) is 9.80 Å². The Bertz CT molecular complexity index is 2320. The largest absolute Gasteiger partial charge is 0.310 e. The number of hydrogen-bond donors (Lipinski definition) is 0. The van der Waals surface area contributed by atoms with Crippen molar-refractivity contribution in [1.29, 1.82) is 0 Å². The lowest BCUT2D eigenvalue weighted by atomic mass is 9.85. The summed E-state index contributed by atoms with van der Waals surface area (Å²) in [5.41, 5.74) is 12.3. The van der Waals surface area contributed by atoms with Gasteiger partial charge in [-0.25, -0.2) is 0 Å². The van der Waals surface area contributed by atoms with Crippen LogP contribution in [0.25, 0.3) is 12.2 Å². The molecule has 6 aromatic carbocycles. The first-order valence-electron chi connectivity index (χ1n) is 19.1. The molecule has 4 heteroatoms. The molecule has 2 unspecified atom stereocenters. The van der Waals surface area contributed by atoms with Crippen molar-refractivity contribution in [3.05, 3.63) is 223 Å². The number of nitrogens with zero attached hydrogens (tertiary/aromatic N) is 4. The second-order valence-electron chi connectivity index (χ2n) is 14.0. The second kappa shape index (κ2) is 16.9. The van der Waals surface area contributed by atoms with Crippen LogP contribution in [0.3, 0.4) is 0 Å². The molecule has 268 valence electrons. The predicted molar refractivity (Wildman–Crippen MR) is 232 cm³/mol. The molecule has 0 spiro atoms. The van der Waals surface area contributed by atoms with Gasteiger partial charge in [-0.05, 0) is 126 Å². The summed E-state index contributed by atoms with van der Waals surface area (Å²) in [7, 11) is 0. The molecule has 0 radical (unpaired) electrons. The van der Waals surface area contributed by atoms with Gasteiger partial charge in [0, 0.05) is 46.5 Å². The fraction of sp³-hybridized carbons (Fsp3) is 0.0980. The van der Waals surface area contributed by atoms with E-state index in [1.807, 2.05) is 12.4 Å². The third-order valence-corrected chi connectivity index (χ3v) is 10.1. The zero-order valence-electron chi connectivity index (χ0n) is 31.1. The number of rotatable bonds is 12. The number of aromatic nitrogens is 1. The molecule has 8 rings (SSSR count). The lowest BCUT2D eigenvalue weighted by molar-refractivity contribution is 0.540. The average Bonchev–Trinajstić information content (AvgIpc) is 3.25. The molecule has 1 aliphatic rings. The maximum Gasteiger partial charge on any atom is 0.0850 e. The van der Waals surface area contributed by atoms with Crippen LogP contribution in [0, 0.1) is 5.92 Å². The molecule has 55 heavy (non-hydrogen) atoms. The van der Waals surface area contributed by atoms with Crippen LogP contribution in [-0.4, -0.2) is 10.7 Å². The summed E-state index contributed by atoms with van der Waals surface area (Å²) in [5.74, 6) is 0.728. The van der Waals surface area contributed by atoms with Crippen LogP contribution in [0.5, 0.6) is 0 Å². The van der Waals surface area contributed by atoms with Gasteiger partial charge in [0.15, 0.2) is 0 Å². The Morgan fingerprint density at radius 1 is 0.545 bits per heavy atom. The molecule has 0 N–H and O–H groups in total. The number of para-hydroxylation sites is 4. The van der Waals surface area contributed by atoms with E-state index in [4.69, 9.17) is 9.98 Å². The molecule has 0 aliphatic carbocycles. The van der Waals surface area contributed by atoms with Gasteiger partial charge in [-0.3, -0.25) is 9.98 Å². The Morgan fingerprint density at radius 3 is 1.60 bits per heavy atom. The number of benzene rings is 6. The zero-order chi connectivity index (χ0) is 37.2. The molecule has 2 heterocycles. The normalized spacial score (nSPS) is 14.3. The van der Waals surface area contributed by atoms with E-state index in [1.165, 1.54) is 5.56 Å². The lowest BCUT2D eigenvalue weighted by Crippen LogP contribution is -2.15. The molecule has 1 aromatic heterocycles. The van der Waals surface area contributed by atoms with Crippen LogP contribution in [0.15, 0.2) is 205 Å². The molecule has 0 fully saturated rings. The van der Waals surface area contributed by atoms with E-state index in [2.05, 4.69) is 217 Å². The van der Waals surface area contributed by atoms with Gasteiger partial charge in [0.1, 0.15) is 0 Å². The fourth-order valence-corrected chi connectivity index (χ4v) is 7.39. The Balaban J connectivity index is 0.960. The van der Waals surface area contributed by atoms with E-state index in [-0.39, 0.29) is 0 Å². The lowest BCUT2D eigenvalue weighted by Gasteiger charge is -2.27. The van der Waals surface area contributed by atoms with Gasteiger partial charge in [0.2, 0.25) is 0 Å². The summed E-state index contributed by atoms with van der Waals surface area (Å²) in [6, 6.07) is 64.1. The molecular weight excluding hydrogens is 669 g/mol. The van der Waals surface area contributed by atoms with Gasteiger partial charge >= 0.3 is 0 Å². The molecule has 0 saturated carbocycles. The van der Waals surface area contributed by atoms with E-state index in [0.29, 0.717) is 11.8 Å². The van der Waals surface area contributed by atoms with Crippen molar-refractivity contribution >= 4 is 52.0 Å². The summed E-state index contributed by atoms with van der Waals surface area (Å²) in [4.78, 5) is 14.2. The first-order valence-corrected chi connectivity index (χ1v) is 19.1. The summed E-state index contributed by atoms with van der Waals surface area (Å²) in [6.07, 6.45) is 12.4. The van der Waals surface area contributed by atoms with Gasteiger partial charge in [-0.1, -0.05) is 122 Å². The molecule has 0 bridgehead atoms. The Morgan fingerprint density at radius 2 is 1.04 bits per heavy atom. The van der Waals surface area contributed by atoms with Gasteiger partial charge in [0.05, 0.1) is 11.4 Å². The minimum Gasteiger partial charge on any atom is -0.310 e. The minimum absolute atomic E-state index is 0.361. The summed E-state index contributed by atoms with van der Waals surface area (Å²) < 4.78 is 0. The molecule has 2 atom stereocenters. The Labute approximate surface area is 325 Å². The molecule has 0 saturated heterocycles. The van der Waals surface area contributed by atoms with E-state index in [9.17, 15) is 0 Å². The number of allylic oxidation sites excluding steroid dienone is 1. The Hall–Kier alpha value is -6.78. The van der Waals surface area contributed by atoms with Crippen molar-refractivity contribution in [1.82, 2.24) is 4.98 Å². The average molecular weight is 713 g/mol. The van der Waals surface area contributed by atoms with Crippen LogP contribution in [-0.2, 0) is 0 Å². The summed E-state index contributed by atoms with van der Waals surface area (Å²) in [6.45, 7) is 2.34. The SMILES string of the molecule is CC(CC1C=CN=C(c2cc(/C=C/c3cccc(N(c4ccccc4)c4ccccc4)c3)ccn2)C1)c1cccc(N(c2ccccc2)c2ccccc2)c1. The number of pyridine rings is 1. The van der Waals surface area contributed by atoms with Crippen molar-refractivity contribution in [2.24, 2.45) is 10.9 Å². The monoisotopic (exact) mass is 712 g/mol. The fourth-order valence-electron chi connectivity index (χ4n) is 7.39. The predicted octanol–water partition coefficient (Wildman–Crippen LogP) is 13.7. The molecule has 4 nitrogen and oxygen atoms in total. The highest BCUT2D eigenvalue weighted by atomic mass is 15.1. The van der Waals surface area contributed by atoms with Crippen molar-refractivity contribution in [2.45, 2.75) is 25.7 Å². The zero-order valence-corrected chi connectivity index (χ0v) is 31.1. The Kier molecular flexibility index (Phi) is 10.8. The quantitative estimate of drug-likeness (QED) is 0.126. The van der Waals surface area contributed by atoms with Crippen LogP contribution in [0.1, 0.15) is 48.1 Å². The van der Waals surface area contributed by atoms with Crippen molar-refractivity contribution in [3.63, 3.8) is 0 Å². The van der Waals surface area contributed by atoms with Gasteiger partial charge in [-0.2, -0.15) is 0 Å². The standard InChI is InChI=1S/C51H44N4/c1-39(43-17-15-27-49(38-43)55(46-22-10-4-11-23-46)47-24-12-5-13-25-47)34-42-31-33-53-51(37-42)50-36-41(30-32-52-50)29-28-40-16-14-26-48(35-40)54(44-18-6-2-7-19-44)45-20-8-3-9-21-45/h2-33,35-36,38-39,42H,34,37H2,1H3/b29-28+. The third kappa shape index (κ3) is 8.56. The van der Waals surface area contributed by atoms with Gasteiger partial charge in [0.25, 0.3) is 0 Å². The highest BCUT2D eigenvalue weighted by Crippen LogP contribution is 2.38. The molecule has 0 amide bonds. The van der Waals surface area contributed by atoms with E-state index in [1.54, 1.807) is 0 Å². The van der Waals surface area contributed by atoms with E-state index < -0.39 is 0 Å². The smallest absolute Gasteiger partial charge is 0.0850 e. The number of aliphatic imine (C=N–C) groups is 1. The number of hydrogen-bond acceptors (Lipinski definition) is 4. The third-order valence-electron chi connectivity index (χ3n) is 10.1. The second-order valence-corrected chi connectivity index (χ2v) is 14.0. The van der Waals surface area contributed by atoms with Crippen LogP contribution < -0.4 is 9.80 Å². The van der Waals surface area contributed by atoms with Crippen molar-refractivity contribution < 1.29 is 0 Å². The van der Waals surface area contributed by atoms with Crippen LogP contribution in [0.2, 0.25) is 0 Å². The van der Waals surface area contributed by atoms with E-state index >= 15 is 0 Å². The molecule has 1 aliphatic heterocycles. The number of anilines is 6. The minimum atomic E-state index is 0.361. The summed E-state index contributed by atoms with van der Waals surface area (Å²) in [5, 5.41) is 0. The highest BCUT2D eigenvalue weighted by Gasteiger charge is 2.20. The summed E-state index contributed by atoms with van der Waals surface area (Å²) >= 11 is 0. The maximum absolute atomic E-state index is 4.82. The van der Waals surface area contributed by atoms with Gasteiger partial charge in [-0.15, -0.1) is 0 Å². The first kappa shape index (κ1) is 35.3. The van der Waals surface area contributed by atoms with Crippen molar-refractivity contribution in [3.8, 4) is 0 Å². The molecular formula is C51H44N4. The van der Waals surface area contributed by atoms with Crippen LogP contribution >= 0.6 is 0 Å². The molecule has 7 aromatic rings. The first-order chi connectivity index (χ1) is 27.2. The van der Waals surface area contributed by atoms with E-state index in [0.717, 1.165) is 69.5 Å². The van der Waals surface area contributed by atoms with Crippen LogP contribution in [0.4, 0.5) is 34.1 Å². The topological polar surface area (TPSA) is 31.7 Å². The highest BCUT2D eigenvalue weighted by molar-refractivity contribution is 6.00. The van der Waals surface area contributed by atoms with Gasteiger partial charge < -0.3 is 9.80 Å². The maximum atomic E-state index is 4.82.